The molecule has 102 valence electrons. The van der Waals surface area contributed by atoms with E-state index in [2.05, 4.69) is 30.5 Å². The second kappa shape index (κ2) is 4.30. The van der Waals surface area contributed by atoms with Crippen LogP contribution in [-0.4, -0.2) is 31.1 Å². The van der Waals surface area contributed by atoms with Gasteiger partial charge in [0.15, 0.2) is 0 Å². The second-order valence-corrected chi connectivity index (χ2v) is 4.14. The first kappa shape index (κ1) is 12.1. The minimum atomic E-state index is -0.529. The van der Waals surface area contributed by atoms with Gasteiger partial charge in [0, 0.05) is 0 Å². The number of hydrogen-bond donors (Lipinski definition) is 3. The molecule has 3 rings (SSSR count). The first-order valence-electron chi connectivity index (χ1n) is 5.73. The van der Waals surface area contributed by atoms with Gasteiger partial charge in [-0.15, -0.1) is 5.10 Å². The summed E-state index contributed by atoms with van der Waals surface area (Å²) in [6.07, 6.45) is 1.22. The Balaban J connectivity index is 2.07. The molecule has 3 heterocycles. The molecule has 0 unspecified atom stereocenters. The summed E-state index contributed by atoms with van der Waals surface area (Å²) in [4.78, 5) is 34.3. The fraction of sp³-hybridized carbons (Fsp3) is 0.182. The largest absolute Gasteiger partial charge is 0.442 e. The number of nitrogens with zero attached hydrogens (tertiary/aromatic N) is 3. The SMILES string of the molecule is Cc1nc(NC(=O)c2c(C)oc3nc[nH]c(=O)c23)n[nH]1. The molecule has 20 heavy (non-hydrogen) atoms. The molecule has 0 radical (unpaired) electrons. The van der Waals surface area contributed by atoms with Crippen LogP contribution in [0.15, 0.2) is 15.5 Å². The van der Waals surface area contributed by atoms with Crippen molar-refractivity contribution in [1.82, 2.24) is 25.1 Å². The van der Waals surface area contributed by atoms with E-state index in [1.54, 1.807) is 13.8 Å². The van der Waals surface area contributed by atoms with Gasteiger partial charge in [0.1, 0.15) is 17.0 Å². The Morgan fingerprint density at radius 3 is 2.90 bits per heavy atom. The monoisotopic (exact) mass is 274 g/mol. The zero-order valence-electron chi connectivity index (χ0n) is 10.6. The Hall–Kier alpha value is -2.97. The first-order valence-corrected chi connectivity index (χ1v) is 5.73. The fourth-order valence-corrected chi connectivity index (χ4v) is 1.89. The van der Waals surface area contributed by atoms with E-state index in [-0.39, 0.29) is 22.6 Å². The number of rotatable bonds is 2. The van der Waals surface area contributed by atoms with Crippen molar-refractivity contribution in [2.45, 2.75) is 13.8 Å². The van der Waals surface area contributed by atoms with Gasteiger partial charge in [-0.25, -0.2) is 4.98 Å². The Morgan fingerprint density at radius 2 is 2.20 bits per heavy atom. The minimum Gasteiger partial charge on any atom is -0.442 e. The van der Waals surface area contributed by atoms with Crippen LogP contribution in [0.5, 0.6) is 0 Å². The fourth-order valence-electron chi connectivity index (χ4n) is 1.89. The number of aryl methyl sites for hydroxylation is 2. The number of amides is 1. The molecular formula is C11H10N6O3. The van der Waals surface area contributed by atoms with Crippen LogP contribution < -0.4 is 10.9 Å². The van der Waals surface area contributed by atoms with Gasteiger partial charge in [-0.05, 0) is 13.8 Å². The molecule has 3 aromatic rings. The lowest BCUT2D eigenvalue weighted by molar-refractivity contribution is 0.102. The third kappa shape index (κ3) is 1.85. The maximum Gasteiger partial charge on any atom is 0.262 e. The van der Waals surface area contributed by atoms with Gasteiger partial charge in [0.05, 0.1) is 11.9 Å². The molecule has 0 spiro atoms. The van der Waals surface area contributed by atoms with Gasteiger partial charge < -0.3 is 9.40 Å². The van der Waals surface area contributed by atoms with Gasteiger partial charge in [-0.3, -0.25) is 20.0 Å². The van der Waals surface area contributed by atoms with E-state index in [4.69, 9.17) is 4.42 Å². The Morgan fingerprint density at radius 1 is 1.40 bits per heavy atom. The summed E-state index contributed by atoms with van der Waals surface area (Å²) in [5, 5.41) is 9.00. The van der Waals surface area contributed by atoms with Gasteiger partial charge >= 0.3 is 0 Å². The van der Waals surface area contributed by atoms with Crippen molar-refractivity contribution < 1.29 is 9.21 Å². The molecule has 0 atom stereocenters. The highest BCUT2D eigenvalue weighted by molar-refractivity contribution is 6.12. The third-order valence-electron chi connectivity index (χ3n) is 2.72. The highest BCUT2D eigenvalue weighted by Crippen LogP contribution is 2.21. The maximum absolute atomic E-state index is 12.2. The number of H-pyrrole nitrogens is 2. The zero-order chi connectivity index (χ0) is 14.3. The van der Waals surface area contributed by atoms with Crippen LogP contribution in [-0.2, 0) is 0 Å². The predicted molar refractivity (Wildman–Crippen MR) is 68.4 cm³/mol. The molecule has 0 aliphatic heterocycles. The van der Waals surface area contributed by atoms with E-state index in [1.165, 1.54) is 6.33 Å². The molecule has 3 aromatic heterocycles. The van der Waals surface area contributed by atoms with Crippen LogP contribution in [0.1, 0.15) is 21.9 Å². The smallest absolute Gasteiger partial charge is 0.262 e. The van der Waals surface area contributed by atoms with E-state index in [9.17, 15) is 9.59 Å². The lowest BCUT2D eigenvalue weighted by Gasteiger charge is -1.99. The molecule has 0 aliphatic rings. The quantitative estimate of drug-likeness (QED) is 0.624. The summed E-state index contributed by atoms with van der Waals surface area (Å²) in [7, 11) is 0. The topological polar surface area (TPSA) is 130 Å². The molecule has 3 N–H and O–H groups in total. The first-order chi connectivity index (χ1) is 9.56. The number of carbonyl (C=O) groups is 1. The number of furan rings is 1. The summed E-state index contributed by atoms with van der Waals surface area (Å²) >= 11 is 0. The van der Waals surface area contributed by atoms with E-state index in [0.29, 0.717) is 11.6 Å². The standard InChI is InChI=1S/C11H10N6O3/c1-4-6(7-8(18)12-3-13-10(7)20-4)9(19)15-11-14-5(2)16-17-11/h3H,1-2H3,(H,12,13,18)(H2,14,15,16,17,19). The van der Waals surface area contributed by atoms with Crippen molar-refractivity contribution in [1.29, 1.82) is 0 Å². The summed E-state index contributed by atoms with van der Waals surface area (Å²) in [5.74, 6) is 0.461. The zero-order valence-corrected chi connectivity index (χ0v) is 10.6. The van der Waals surface area contributed by atoms with Gasteiger partial charge in [-0.1, -0.05) is 0 Å². The molecule has 9 nitrogen and oxygen atoms in total. The molecule has 9 heteroatoms. The predicted octanol–water partition coefficient (Wildman–Crippen LogP) is 0.503. The summed E-state index contributed by atoms with van der Waals surface area (Å²) < 4.78 is 5.30. The lowest BCUT2D eigenvalue weighted by atomic mass is 10.2. The van der Waals surface area contributed by atoms with Crippen LogP contribution in [0, 0.1) is 13.8 Å². The van der Waals surface area contributed by atoms with Gasteiger partial charge in [0.25, 0.3) is 11.5 Å². The normalized spacial score (nSPS) is 10.9. The van der Waals surface area contributed by atoms with Crippen molar-refractivity contribution in [3.63, 3.8) is 0 Å². The molecule has 0 saturated carbocycles. The lowest BCUT2D eigenvalue weighted by Crippen LogP contribution is -2.17. The van der Waals surface area contributed by atoms with E-state index >= 15 is 0 Å². The molecule has 0 aliphatic carbocycles. The molecule has 0 fully saturated rings. The number of nitrogens with one attached hydrogen (secondary N) is 3. The van der Waals surface area contributed by atoms with Crippen LogP contribution >= 0.6 is 0 Å². The molecule has 0 aromatic carbocycles. The second-order valence-electron chi connectivity index (χ2n) is 4.14. The summed E-state index contributed by atoms with van der Waals surface area (Å²) in [6.45, 7) is 3.29. The van der Waals surface area contributed by atoms with Gasteiger partial charge in [0.2, 0.25) is 11.7 Å². The van der Waals surface area contributed by atoms with Crippen LogP contribution in [0.3, 0.4) is 0 Å². The molecule has 0 saturated heterocycles. The van der Waals surface area contributed by atoms with E-state index in [0.717, 1.165) is 0 Å². The molecule has 1 amide bonds. The molecular weight excluding hydrogens is 264 g/mol. The number of hydrogen-bond acceptors (Lipinski definition) is 6. The average Bonchev–Trinajstić information content (AvgIpc) is 2.93. The Bertz CT molecular complexity index is 859. The van der Waals surface area contributed by atoms with Crippen molar-refractivity contribution in [2.24, 2.45) is 0 Å². The number of aromatic nitrogens is 5. The average molecular weight is 274 g/mol. The van der Waals surface area contributed by atoms with Crippen LogP contribution in [0.4, 0.5) is 5.95 Å². The highest BCUT2D eigenvalue weighted by Gasteiger charge is 2.22. The summed E-state index contributed by atoms with van der Waals surface area (Å²) in [5.41, 5.74) is -0.206. The third-order valence-corrected chi connectivity index (χ3v) is 2.72. The highest BCUT2D eigenvalue weighted by atomic mass is 16.3. The van der Waals surface area contributed by atoms with Crippen LogP contribution in [0.2, 0.25) is 0 Å². The van der Waals surface area contributed by atoms with Crippen molar-refractivity contribution in [3.05, 3.63) is 33.8 Å². The molecule has 0 bridgehead atoms. The number of carbonyl (C=O) groups excluding carboxylic acids is 1. The van der Waals surface area contributed by atoms with E-state index in [1.807, 2.05) is 0 Å². The van der Waals surface area contributed by atoms with Crippen molar-refractivity contribution >= 4 is 23.0 Å². The Labute approximate surface area is 111 Å². The van der Waals surface area contributed by atoms with E-state index < -0.39 is 11.5 Å². The van der Waals surface area contributed by atoms with Crippen LogP contribution in [0.25, 0.3) is 11.1 Å². The van der Waals surface area contributed by atoms with Crippen molar-refractivity contribution in [2.75, 3.05) is 5.32 Å². The Kier molecular flexibility index (Phi) is 2.60. The van der Waals surface area contributed by atoms with Crippen molar-refractivity contribution in [3.8, 4) is 0 Å². The number of aromatic amines is 2. The number of fused-ring (bicyclic) bond motifs is 1. The maximum atomic E-state index is 12.2. The number of anilines is 1. The minimum absolute atomic E-state index is 0.106. The van der Waals surface area contributed by atoms with Gasteiger partial charge in [-0.2, -0.15) is 4.98 Å². The summed E-state index contributed by atoms with van der Waals surface area (Å²) in [6, 6.07) is 0.